The van der Waals surface area contributed by atoms with Gasteiger partial charge in [0.15, 0.2) is 0 Å². The maximum atomic E-state index is 9.67. The molecule has 0 spiro atoms. The van der Waals surface area contributed by atoms with Crippen molar-refractivity contribution in [1.82, 2.24) is 4.90 Å². The summed E-state index contributed by atoms with van der Waals surface area (Å²) in [6.45, 7) is 3.49. The van der Waals surface area contributed by atoms with Gasteiger partial charge < -0.3 is 5.11 Å². The van der Waals surface area contributed by atoms with E-state index in [1.54, 1.807) is 0 Å². The summed E-state index contributed by atoms with van der Waals surface area (Å²) in [6.07, 6.45) is 7.29. The monoisotopic (exact) mass is 183 g/mol. The molecule has 2 unspecified atom stereocenters. The first-order chi connectivity index (χ1) is 6.31. The standard InChI is InChI=1S/C11H21NO/c1-2-6-12-9-4-3-5-10(12)8-11(13)7-9/h9-11,13H,2-8H2,1H3. The van der Waals surface area contributed by atoms with Gasteiger partial charge in [0.25, 0.3) is 0 Å². The fourth-order valence-corrected chi connectivity index (χ4v) is 3.07. The van der Waals surface area contributed by atoms with Gasteiger partial charge in [0, 0.05) is 12.1 Å². The molecule has 2 rings (SSSR count). The van der Waals surface area contributed by atoms with Crippen molar-refractivity contribution in [2.75, 3.05) is 6.54 Å². The van der Waals surface area contributed by atoms with Gasteiger partial charge in [0.2, 0.25) is 0 Å². The quantitative estimate of drug-likeness (QED) is 0.705. The first-order valence-electron chi connectivity index (χ1n) is 5.75. The molecule has 2 atom stereocenters. The van der Waals surface area contributed by atoms with E-state index < -0.39 is 0 Å². The summed E-state index contributed by atoms with van der Waals surface area (Å²) in [4.78, 5) is 2.65. The SMILES string of the molecule is CCCN1C2CCCC1CC(O)C2. The van der Waals surface area contributed by atoms with Gasteiger partial charge in [-0.3, -0.25) is 4.90 Å². The highest BCUT2D eigenvalue weighted by Gasteiger charge is 2.36. The Morgan fingerprint density at radius 2 is 1.85 bits per heavy atom. The number of aliphatic hydroxyl groups is 1. The number of aliphatic hydroxyl groups excluding tert-OH is 1. The van der Waals surface area contributed by atoms with Gasteiger partial charge in [-0.2, -0.15) is 0 Å². The number of piperidine rings is 2. The van der Waals surface area contributed by atoms with E-state index in [9.17, 15) is 5.11 Å². The average Bonchev–Trinajstić information content (AvgIpc) is 2.07. The molecule has 2 saturated heterocycles. The van der Waals surface area contributed by atoms with E-state index in [1.807, 2.05) is 0 Å². The van der Waals surface area contributed by atoms with Crippen LogP contribution in [0.5, 0.6) is 0 Å². The van der Waals surface area contributed by atoms with Crippen LogP contribution in [-0.4, -0.2) is 34.7 Å². The van der Waals surface area contributed by atoms with E-state index in [-0.39, 0.29) is 6.10 Å². The molecule has 0 aliphatic carbocycles. The van der Waals surface area contributed by atoms with Crippen molar-refractivity contribution in [3.8, 4) is 0 Å². The summed E-state index contributed by atoms with van der Waals surface area (Å²) in [5.74, 6) is 0. The highest BCUT2D eigenvalue weighted by molar-refractivity contribution is 4.92. The molecule has 2 nitrogen and oxygen atoms in total. The van der Waals surface area contributed by atoms with E-state index in [2.05, 4.69) is 11.8 Å². The van der Waals surface area contributed by atoms with Crippen LogP contribution in [-0.2, 0) is 0 Å². The molecule has 2 aliphatic heterocycles. The van der Waals surface area contributed by atoms with Gasteiger partial charge in [-0.25, -0.2) is 0 Å². The molecule has 0 aromatic carbocycles. The Morgan fingerprint density at radius 3 is 2.38 bits per heavy atom. The van der Waals surface area contributed by atoms with Crippen molar-refractivity contribution in [2.45, 2.75) is 63.6 Å². The van der Waals surface area contributed by atoms with E-state index >= 15 is 0 Å². The van der Waals surface area contributed by atoms with Crippen LogP contribution in [0.2, 0.25) is 0 Å². The Bertz CT molecular complexity index is 157. The first-order valence-corrected chi connectivity index (χ1v) is 5.75. The number of nitrogens with zero attached hydrogens (tertiary/aromatic N) is 1. The van der Waals surface area contributed by atoms with E-state index in [0.29, 0.717) is 12.1 Å². The summed E-state index contributed by atoms with van der Waals surface area (Å²) >= 11 is 0. The largest absolute Gasteiger partial charge is 0.393 e. The van der Waals surface area contributed by atoms with E-state index in [1.165, 1.54) is 32.2 Å². The molecule has 0 amide bonds. The smallest absolute Gasteiger partial charge is 0.0570 e. The van der Waals surface area contributed by atoms with E-state index in [0.717, 1.165) is 12.8 Å². The Morgan fingerprint density at radius 1 is 1.23 bits per heavy atom. The van der Waals surface area contributed by atoms with Crippen LogP contribution in [0.25, 0.3) is 0 Å². The lowest BCUT2D eigenvalue weighted by Crippen LogP contribution is -2.53. The van der Waals surface area contributed by atoms with Gasteiger partial charge >= 0.3 is 0 Å². The zero-order valence-electron chi connectivity index (χ0n) is 8.58. The predicted octanol–water partition coefficient (Wildman–Crippen LogP) is 1.77. The second kappa shape index (κ2) is 3.97. The van der Waals surface area contributed by atoms with Crippen LogP contribution in [0.15, 0.2) is 0 Å². The van der Waals surface area contributed by atoms with Crippen molar-refractivity contribution in [1.29, 1.82) is 0 Å². The van der Waals surface area contributed by atoms with Crippen LogP contribution in [0.3, 0.4) is 0 Å². The Labute approximate surface area is 80.9 Å². The number of hydrogen-bond donors (Lipinski definition) is 1. The van der Waals surface area contributed by atoms with Crippen molar-refractivity contribution >= 4 is 0 Å². The zero-order valence-corrected chi connectivity index (χ0v) is 8.58. The summed E-state index contributed by atoms with van der Waals surface area (Å²) < 4.78 is 0. The predicted molar refractivity (Wildman–Crippen MR) is 53.7 cm³/mol. The molecule has 2 heteroatoms. The van der Waals surface area contributed by atoms with Gasteiger partial charge in [-0.05, 0) is 38.6 Å². The van der Waals surface area contributed by atoms with Gasteiger partial charge in [0.1, 0.15) is 0 Å². The minimum atomic E-state index is -0.0107. The van der Waals surface area contributed by atoms with Crippen LogP contribution in [0, 0.1) is 0 Å². The summed E-state index contributed by atoms with van der Waals surface area (Å²) in [5, 5.41) is 9.67. The second-order valence-corrected chi connectivity index (χ2v) is 4.60. The molecule has 2 heterocycles. The third-order valence-electron chi connectivity index (χ3n) is 3.58. The second-order valence-electron chi connectivity index (χ2n) is 4.60. The first kappa shape index (κ1) is 9.47. The van der Waals surface area contributed by atoms with Gasteiger partial charge in [-0.1, -0.05) is 13.3 Å². The minimum absolute atomic E-state index is 0.0107. The lowest BCUT2D eigenvalue weighted by molar-refractivity contribution is -0.0260. The molecule has 0 aromatic rings. The zero-order chi connectivity index (χ0) is 9.26. The maximum absolute atomic E-state index is 9.67. The molecule has 2 fully saturated rings. The molecular weight excluding hydrogens is 162 g/mol. The van der Waals surface area contributed by atoms with Crippen molar-refractivity contribution in [3.63, 3.8) is 0 Å². The number of fused-ring (bicyclic) bond motifs is 2. The van der Waals surface area contributed by atoms with Gasteiger partial charge in [0.05, 0.1) is 6.10 Å². The lowest BCUT2D eigenvalue weighted by Gasteiger charge is -2.47. The van der Waals surface area contributed by atoms with Crippen LogP contribution in [0.4, 0.5) is 0 Å². The molecular formula is C11H21NO. The molecule has 76 valence electrons. The third-order valence-corrected chi connectivity index (χ3v) is 3.58. The van der Waals surface area contributed by atoms with Crippen LogP contribution < -0.4 is 0 Å². The van der Waals surface area contributed by atoms with Crippen molar-refractivity contribution in [3.05, 3.63) is 0 Å². The highest BCUT2D eigenvalue weighted by Crippen LogP contribution is 2.33. The van der Waals surface area contributed by atoms with Gasteiger partial charge in [-0.15, -0.1) is 0 Å². The molecule has 2 bridgehead atoms. The highest BCUT2D eigenvalue weighted by atomic mass is 16.3. The van der Waals surface area contributed by atoms with E-state index in [4.69, 9.17) is 0 Å². The molecule has 1 N–H and O–H groups in total. The van der Waals surface area contributed by atoms with Crippen LogP contribution >= 0.6 is 0 Å². The molecule has 2 aliphatic rings. The summed E-state index contributed by atoms with van der Waals surface area (Å²) in [7, 11) is 0. The normalized spacial score (nSPS) is 40.6. The number of hydrogen-bond acceptors (Lipinski definition) is 2. The topological polar surface area (TPSA) is 23.5 Å². The maximum Gasteiger partial charge on any atom is 0.0570 e. The molecule has 0 radical (unpaired) electrons. The molecule has 0 aromatic heterocycles. The molecule has 13 heavy (non-hydrogen) atoms. The van der Waals surface area contributed by atoms with Crippen molar-refractivity contribution < 1.29 is 5.11 Å². The van der Waals surface area contributed by atoms with Crippen molar-refractivity contribution in [2.24, 2.45) is 0 Å². The summed E-state index contributed by atoms with van der Waals surface area (Å²) in [5.41, 5.74) is 0. The minimum Gasteiger partial charge on any atom is -0.393 e. The Balaban J connectivity index is 2.01. The lowest BCUT2D eigenvalue weighted by atomic mass is 9.83. The molecule has 0 saturated carbocycles. The Hall–Kier alpha value is -0.0800. The number of rotatable bonds is 2. The summed E-state index contributed by atoms with van der Waals surface area (Å²) in [6, 6.07) is 1.39. The average molecular weight is 183 g/mol. The van der Waals surface area contributed by atoms with Crippen LogP contribution in [0.1, 0.15) is 45.4 Å². The fourth-order valence-electron chi connectivity index (χ4n) is 3.07. The Kier molecular flexibility index (Phi) is 2.89. The fraction of sp³-hybridized carbons (Fsp3) is 1.00. The third kappa shape index (κ3) is 1.89.